The van der Waals surface area contributed by atoms with Crippen molar-refractivity contribution in [3.63, 3.8) is 0 Å². The molecule has 0 spiro atoms. The quantitative estimate of drug-likeness (QED) is 0.312. The Labute approximate surface area is 203 Å². The molecule has 1 atom stereocenters. The highest BCUT2D eigenvalue weighted by Crippen LogP contribution is 2.32. The van der Waals surface area contributed by atoms with Crippen LogP contribution in [0.2, 0.25) is 0 Å². The van der Waals surface area contributed by atoms with E-state index in [2.05, 4.69) is 24.7 Å². The number of aryl methyl sites for hydroxylation is 2. The molecule has 34 heavy (non-hydrogen) atoms. The van der Waals surface area contributed by atoms with Gasteiger partial charge in [0.2, 0.25) is 5.88 Å². The molecule has 3 rings (SSSR count). The first-order valence-corrected chi connectivity index (χ1v) is 11.7. The third kappa shape index (κ3) is 7.19. The Morgan fingerprint density at radius 2 is 1.85 bits per heavy atom. The number of hydrogen-bond acceptors (Lipinski definition) is 5. The number of rotatable bonds is 12. The van der Waals surface area contributed by atoms with Gasteiger partial charge in [-0.1, -0.05) is 50.1 Å². The Kier molecular flexibility index (Phi) is 9.29. The smallest absolute Gasteiger partial charge is 0.227 e. The Morgan fingerprint density at radius 1 is 1.09 bits per heavy atom. The predicted molar refractivity (Wildman–Crippen MR) is 135 cm³/mol. The van der Waals surface area contributed by atoms with E-state index in [0.717, 1.165) is 34.8 Å². The van der Waals surface area contributed by atoms with Gasteiger partial charge < -0.3 is 14.6 Å². The van der Waals surface area contributed by atoms with Crippen molar-refractivity contribution in [1.29, 1.82) is 0 Å². The molecule has 0 saturated carbocycles. The molecular weight excluding hydrogens is 426 g/mol. The van der Waals surface area contributed by atoms with E-state index < -0.39 is 6.10 Å². The van der Waals surface area contributed by atoms with Gasteiger partial charge in [-0.2, -0.15) is 5.10 Å². The van der Waals surface area contributed by atoms with Crippen LogP contribution in [-0.2, 0) is 11.3 Å². The van der Waals surface area contributed by atoms with Crippen LogP contribution in [0.5, 0.6) is 11.6 Å². The van der Waals surface area contributed by atoms with Crippen molar-refractivity contribution in [2.45, 2.75) is 40.3 Å². The first-order valence-electron chi connectivity index (χ1n) is 11.7. The SMILES string of the molecule is C#CCOC[C@H](O)CN(Cc1c(C)nn(-c2ccccc2)c1Oc1cccc(C)c1)CC(C)C. The number of benzene rings is 2. The summed E-state index contributed by atoms with van der Waals surface area (Å²) in [6, 6.07) is 18.0. The Balaban J connectivity index is 1.94. The molecular formula is C28H35N3O3. The van der Waals surface area contributed by atoms with E-state index in [9.17, 15) is 5.11 Å². The van der Waals surface area contributed by atoms with Crippen LogP contribution in [0.3, 0.4) is 0 Å². The summed E-state index contributed by atoms with van der Waals surface area (Å²) in [7, 11) is 0. The summed E-state index contributed by atoms with van der Waals surface area (Å²) in [5.41, 5.74) is 3.93. The van der Waals surface area contributed by atoms with Gasteiger partial charge >= 0.3 is 0 Å². The molecule has 2 aromatic carbocycles. The highest BCUT2D eigenvalue weighted by Gasteiger charge is 2.23. The molecule has 0 radical (unpaired) electrons. The van der Waals surface area contributed by atoms with Crippen LogP contribution in [0.15, 0.2) is 54.6 Å². The van der Waals surface area contributed by atoms with E-state index in [4.69, 9.17) is 21.0 Å². The van der Waals surface area contributed by atoms with Gasteiger partial charge in [-0.15, -0.1) is 6.42 Å². The Hall–Kier alpha value is -3.11. The lowest BCUT2D eigenvalue weighted by atomic mass is 10.1. The van der Waals surface area contributed by atoms with E-state index in [0.29, 0.717) is 24.9 Å². The number of hydrogen-bond donors (Lipinski definition) is 1. The van der Waals surface area contributed by atoms with Gasteiger partial charge in [0.15, 0.2) is 0 Å². The lowest BCUT2D eigenvalue weighted by Gasteiger charge is -2.27. The van der Waals surface area contributed by atoms with Crippen molar-refractivity contribution in [3.8, 4) is 29.7 Å². The van der Waals surface area contributed by atoms with Gasteiger partial charge in [-0.3, -0.25) is 4.90 Å². The fourth-order valence-corrected chi connectivity index (χ4v) is 3.91. The Morgan fingerprint density at radius 3 is 2.53 bits per heavy atom. The normalized spacial score (nSPS) is 12.2. The zero-order chi connectivity index (χ0) is 24.5. The van der Waals surface area contributed by atoms with Gasteiger partial charge in [0, 0.05) is 19.6 Å². The average Bonchev–Trinajstić information content (AvgIpc) is 3.09. The standard InChI is InChI=1S/C28H35N3O3/c1-6-15-33-20-25(32)18-30(17-21(2)3)19-27-23(5)29-31(24-12-8-7-9-13-24)28(27)34-26-14-10-11-22(4)16-26/h1,7-14,16,21,25,32H,15,17-20H2,2-5H3/t25-/m1/s1. The van der Waals surface area contributed by atoms with Crippen LogP contribution in [-0.4, -0.2) is 52.2 Å². The van der Waals surface area contributed by atoms with Crippen LogP contribution >= 0.6 is 0 Å². The molecule has 0 aliphatic heterocycles. The minimum Gasteiger partial charge on any atom is -0.439 e. The largest absolute Gasteiger partial charge is 0.439 e. The number of aliphatic hydroxyl groups is 1. The molecule has 6 nitrogen and oxygen atoms in total. The van der Waals surface area contributed by atoms with Crippen LogP contribution in [0.1, 0.15) is 30.7 Å². The summed E-state index contributed by atoms with van der Waals surface area (Å²) < 4.78 is 13.7. The lowest BCUT2D eigenvalue weighted by Crippen LogP contribution is -2.37. The first-order chi connectivity index (χ1) is 16.4. The summed E-state index contributed by atoms with van der Waals surface area (Å²) in [6.45, 7) is 10.6. The summed E-state index contributed by atoms with van der Waals surface area (Å²) in [5.74, 6) is 4.30. The molecule has 0 unspecified atom stereocenters. The molecule has 3 aromatic rings. The van der Waals surface area contributed by atoms with E-state index >= 15 is 0 Å². The van der Waals surface area contributed by atoms with Crippen molar-refractivity contribution in [1.82, 2.24) is 14.7 Å². The summed E-state index contributed by atoms with van der Waals surface area (Å²) >= 11 is 0. The molecule has 0 fully saturated rings. The maximum Gasteiger partial charge on any atom is 0.227 e. The van der Waals surface area contributed by atoms with E-state index in [1.54, 1.807) is 0 Å². The van der Waals surface area contributed by atoms with Crippen LogP contribution < -0.4 is 4.74 Å². The van der Waals surface area contributed by atoms with E-state index in [1.165, 1.54) is 0 Å². The third-order valence-corrected chi connectivity index (χ3v) is 5.31. The maximum atomic E-state index is 10.5. The van der Waals surface area contributed by atoms with Gasteiger partial charge in [0.25, 0.3) is 0 Å². The van der Waals surface area contributed by atoms with Gasteiger partial charge in [0.1, 0.15) is 12.4 Å². The van der Waals surface area contributed by atoms with Gasteiger partial charge in [-0.05, 0) is 49.6 Å². The van der Waals surface area contributed by atoms with E-state index in [1.807, 2.05) is 73.1 Å². The molecule has 180 valence electrons. The van der Waals surface area contributed by atoms with Crippen LogP contribution in [0.25, 0.3) is 5.69 Å². The second-order valence-electron chi connectivity index (χ2n) is 9.00. The topological polar surface area (TPSA) is 59.8 Å². The molecule has 6 heteroatoms. The van der Waals surface area contributed by atoms with Gasteiger partial charge in [0.05, 0.1) is 29.7 Å². The minimum absolute atomic E-state index is 0.193. The molecule has 0 amide bonds. The van der Waals surface area contributed by atoms with Gasteiger partial charge in [-0.25, -0.2) is 4.68 Å². The molecule has 0 bridgehead atoms. The van der Waals surface area contributed by atoms with Crippen molar-refractivity contribution in [3.05, 3.63) is 71.4 Å². The fraction of sp³-hybridized carbons (Fsp3) is 0.393. The zero-order valence-corrected chi connectivity index (χ0v) is 20.6. The average molecular weight is 462 g/mol. The number of para-hydroxylation sites is 1. The fourth-order valence-electron chi connectivity index (χ4n) is 3.91. The maximum absolute atomic E-state index is 10.5. The third-order valence-electron chi connectivity index (χ3n) is 5.31. The predicted octanol–water partition coefficient (Wildman–Crippen LogP) is 4.75. The monoisotopic (exact) mass is 461 g/mol. The number of nitrogens with zero attached hydrogens (tertiary/aromatic N) is 3. The van der Waals surface area contributed by atoms with Crippen molar-refractivity contribution in [2.75, 3.05) is 26.3 Å². The van der Waals surface area contributed by atoms with Crippen molar-refractivity contribution >= 4 is 0 Å². The number of aliphatic hydroxyl groups excluding tert-OH is 1. The Bertz CT molecular complexity index is 1090. The molecule has 0 aliphatic carbocycles. The molecule has 1 aromatic heterocycles. The van der Waals surface area contributed by atoms with Crippen molar-refractivity contribution in [2.24, 2.45) is 5.92 Å². The highest BCUT2D eigenvalue weighted by atomic mass is 16.5. The summed E-state index contributed by atoms with van der Waals surface area (Å²) in [5, 5.41) is 15.4. The first kappa shape index (κ1) is 25.5. The minimum atomic E-state index is -0.641. The van der Waals surface area contributed by atoms with Crippen LogP contribution in [0, 0.1) is 32.1 Å². The number of aromatic nitrogens is 2. The second-order valence-corrected chi connectivity index (χ2v) is 9.00. The molecule has 1 heterocycles. The molecule has 1 N–H and O–H groups in total. The highest BCUT2D eigenvalue weighted by molar-refractivity contribution is 5.43. The summed E-state index contributed by atoms with van der Waals surface area (Å²) in [4.78, 5) is 2.22. The number of terminal acetylenes is 1. The van der Waals surface area contributed by atoms with Crippen molar-refractivity contribution < 1.29 is 14.6 Å². The number of ether oxygens (including phenoxy) is 2. The molecule has 0 saturated heterocycles. The lowest BCUT2D eigenvalue weighted by molar-refractivity contribution is 0.0236. The van der Waals surface area contributed by atoms with E-state index in [-0.39, 0.29) is 13.2 Å². The summed E-state index contributed by atoms with van der Waals surface area (Å²) in [6.07, 6.45) is 4.61. The zero-order valence-electron chi connectivity index (χ0n) is 20.6. The molecule has 0 aliphatic rings. The second kappa shape index (κ2) is 12.4. The van der Waals surface area contributed by atoms with Crippen LogP contribution in [0.4, 0.5) is 0 Å².